The van der Waals surface area contributed by atoms with Crippen LogP contribution < -0.4 is 0 Å². The lowest BCUT2D eigenvalue weighted by Gasteiger charge is -2.07. The quantitative estimate of drug-likeness (QED) is 0.690. The van der Waals surface area contributed by atoms with Gasteiger partial charge in [-0.2, -0.15) is 5.10 Å². The van der Waals surface area contributed by atoms with Gasteiger partial charge in [0.25, 0.3) is 0 Å². The van der Waals surface area contributed by atoms with Crippen LogP contribution in [-0.2, 0) is 7.05 Å². The molecule has 3 rings (SSSR count). The Morgan fingerprint density at radius 3 is 2.57 bits per heavy atom. The monoisotopic (exact) mass is 303 g/mol. The van der Waals surface area contributed by atoms with Crippen molar-refractivity contribution in [3.63, 3.8) is 0 Å². The molecule has 0 saturated carbocycles. The molecule has 3 aromatic rings. The van der Waals surface area contributed by atoms with E-state index in [0.29, 0.717) is 16.8 Å². The van der Waals surface area contributed by atoms with Gasteiger partial charge in [0.1, 0.15) is 0 Å². The second-order valence-corrected chi connectivity index (χ2v) is 5.25. The highest BCUT2D eigenvalue weighted by Crippen LogP contribution is 2.23. The molecule has 0 aliphatic rings. The first-order valence-electron chi connectivity index (χ1n) is 7.40. The number of hydrogen-bond donors (Lipinski definition) is 0. The molecule has 114 valence electrons. The van der Waals surface area contributed by atoms with Gasteiger partial charge in [0.05, 0.1) is 11.9 Å². The number of nitrogens with zero attached hydrogens (tertiary/aromatic N) is 3. The number of rotatable bonds is 4. The lowest BCUT2D eigenvalue weighted by atomic mass is 9.99. The maximum absolute atomic E-state index is 12.8. The van der Waals surface area contributed by atoms with Crippen molar-refractivity contribution in [2.45, 2.75) is 6.92 Å². The number of pyridine rings is 1. The molecule has 0 unspecified atom stereocenters. The predicted octanol–water partition coefficient (Wildman–Crippen LogP) is 3.75. The summed E-state index contributed by atoms with van der Waals surface area (Å²) in [5.74, 6) is -0.0306. The van der Waals surface area contributed by atoms with Crippen molar-refractivity contribution in [3.8, 4) is 11.1 Å². The van der Waals surface area contributed by atoms with Crippen molar-refractivity contribution < 1.29 is 4.79 Å². The third-order valence-corrected chi connectivity index (χ3v) is 3.56. The summed E-state index contributed by atoms with van der Waals surface area (Å²) >= 11 is 0. The van der Waals surface area contributed by atoms with Crippen molar-refractivity contribution in [3.05, 3.63) is 77.9 Å². The number of carbonyl (C=O) groups excluding carboxylic acids is 1. The van der Waals surface area contributed by atoms with E-state index in [1.54, 1.807) is 17.1 Å². The van der Waals surface area contributed by atoms with Crippen LogP contribution in [-0.4, -0.2) is 20.5 Å². The fraction of sp³-hybridized carbons (Fsp3) is 0.105. The molecule has 0 saturated heterocycles. The molecule has 0 N–H and O–H groups in total. The van der Waals surface area contributed by atoms with Gasteiger partial charge in [0, 0.05) is 41.7 Å². The molecule has 0 spiro atoms. The van der Waals surface area contributed by atoms with Crippen LogP contribution in [0.2, 0.25) is 0 Å². The molecule has 4 heteroatoms. The minimum atomic E-state index is -0.0306. The number of aryl methyl sites for hydroxylation is 1. The van der Waals surface area contributed by atoms with Crippen LogP contribution in [0.1, 0.15) is 28.5 Å². The van der Waals surface area contributed by atoms with Crippen molar-refractivity contribution >= 4 is 11.9 Å². The Morgan fingerprint density at radius 1 is 1.13 bits per heavy atom. The van der Waals surface area contributed by atoms with Crippen LogP contribution in [0, 0.1) is 0 Å². The van der Waals surface area contributed by atoms with E-state index in [4.69, 9.17) is 0 Å². The number of allylic oxidation sites excluding steroid dienone is 1. The molecule has 0 aliphatic heterocycles. The van der Waals surface area contributed by atoms with Crippen LogP contribution in [0.25, 0.3) is 17.2 Å². The predicted molar refractivity (Wildman–Crippen MR) is 91.0 cm³/mol. The zero-order valence-corrected chi connectivity index (χ0v) is 13.1. The van der Waals surface area contributed by atoms with Crippen LogP contribution in [0.5, 0.6) is 0 Å². The molecule has 2 aromatic heterocycles. The van der Waals surface area contributed by atoms with E-state index in [0.717, 1.165) is 11.1 Å². The van der Waals surface area contributed by atoms with Crippen molar-refractivity contribution in [2.75, 3.05) is 0 Å². The largest absolute Gasteiger partial charge is 0.289 e. The van der Waals surface area contributed by atoms with Gasteiger partial charge in [-0.1, -0.05) is 36.4 Å². The standard InChI is InChI=1S/C19H17N3O/c1-3-7-18-17(19(23)14-8-5-4-6-9-14)10-15(11-20-18)16-12-21-22(2)13-16/h3-13H,1-2H3/b7-3-. The second kappa shape index (κ2) is 6.40. The molecule has 0 atom stereocenters. The summed E-state index contributed by atoms with van der Waals surface area (Å²) in [6.07, 6.45) is 9.18. The summed E-state index contributed by atoms with van der Waals surface area (Å²) in [6, 6.07) is 11.1. The molecule has 4 nitrogen and oxygen atoms in total. The van der Waals surface area contributed by atoms with E-state index in [-0.39, 0.29) is 5.78 Å². The minimum Gasteiger partial charge on any atom is -0.289 e. The zero-order valence-electron chi connectivity index (χ0n) is 13.1. The Hall–Kier alpha value is -3.01. The lowest BCUT2D eigenvalue weighted by molar-refractivity contribution is 0.103. The molecule has 2 heterocycles. The number of carbonyl (C=O) groups is 1. The zero-order chi connectivity index (χ0) is 16.2. The summed E-state index contributed by atoms with van der Waals surface area (Å²) < 4.78 is 1.73. The Bertz CT molecular complexity index is 863. The molecule has 0 radical (unpaired) electrons. The highest BCUT2D eigenvalue weighted by atomic mass is 16.1. The Labute approximate surface area is 135 Å². The lowest BCUT2D eigenvalue weighted by Crippen LogP contribution is -2.05. The van der Waals surface area contributed by atoms with E-state index >= 15 is 0 Å². The van der Waals surface area contributed by atoms with Gasteiger partial charge < -0.3 is 0 Å². The molecule has 0 bridgehead atoms. The molecule has 23 heavy (non-hydrogen) atoms. The Kier molecular flexibility index (Phi) is 4.15. The van der Waals surface area contributed by atoms with Gasteiger partial charge in [-0.15, -0.1) is 0 Å². The fourth-order valence-corrected chi connectivity index (χ4v) is 2.42. The summed E-state index contributed by atoms with van der Waals surface area (Å²) in [4.78, 5) is 17.3. The highest BCUT2D eigenvalue weighted by Gasteiger charge is 2.15. The highest BCUT2D eigenvalue weighted by molar-refractivity contribution is 6.11. The van der Waals surface area contributed by atoms with Crippen LogP contribution in [0.3, 0.4) is 0 Å². The number of aromatic nitrogens is 3. The normalized spacial score (nSPS) is 11.0. The summed E-state index contributed by atoms with van der Waals surface area (Å²) in [5.41, 5.74) is 3.74. The summed E-state index contributed by atoms with van der Waals surface area (Å²) in [5, 5.41) is 4.17. The maximum Gasteiger partial charge on any atom is 0.195 e. The van der Waals surface area contributed by atoms with Gasteiger partial charge >= 0.3 is 0 Å². The van der Waals surface area contributed by atoms with E-state index in [1.165, 1.54) is 0 Å². The third-order valence-electron chi connectivity index (χ3n) is 3.56. The number of benzene rings is 1. The van der Waals surface area contributed by atoms with Crippen molar-refractivity contribution in [1.29, 1.82) is 0 Å². The van der Waals surface area contributed by atoms with Crippen molar-refractivity contribution in [2.24, 2.45) is 7.05 Å². The molecule has 0 amide bonds. The van der Waals surface area contributed by atoms with Crippen LogP contribution >= 0.6 is 0 Å². The van der Waals surface area contributed by atoms with E-state index in [2.05, 4.69) is 10.1 Å². The van der Waals surface area contributed by atoms with Crippen LogP contribution in [0.4, 0.5) is 0 Å². The first-order chi connectivity index (χ1) is 11.2. The van der Waals surface area contributed by atoms with Crippen molar-refractivity contribution in [1.82, 2.24) is 14.8 Å². The van der Waals surface area contributed by atoms with E-state index < -0.39 is 0 Å². The smallest absolute Gasteiger partial charge is 0.195 e. The van der Waals surface area contributed by atoms with E-state index in [9.17, 15) is 4.79 Å². The van der Waals surface area contributed by atoms with Gasteiger partial charge in [-0.3, -0.25) is 14.5 Å². The van der Waals surface area contributed by atoms with Gasteiger partial charge in [0.15, 0.2) is 5.78 Å². The Morgan fingerprint density at radius 2 is 1.91 bits per heavy atom. The number of ketones is 1. The van der Waals surface area contributed by atoms with Gasteiger partial charge in [-0.25, -0.2) is 0 Å². The SMILES string of the molecule is C/C=C\c1ncc(-c2cnn(C)c2)cc1C(=O)c1ccccc1. The van der Waals surface area contributed by atoms with Crippen LogP contribution in [0.15, 0.2) is 61.1 Å². The molecular formula is C19H17N3O. The molecular weight excluding hydrogens is 286 g/mol. The second-order valence-electron chi connectivity index (χ2n) is 5.25. The first kappa shape index (κ1) is 14.9. The fourth-order valence-electron chi connectivity index (χ4n) is 2.42. The average Bonchev–Trinajstić information content (AvgIpc) is 3.02. The average molecular weight is 303 g/mol. The molecule has 0 fully saturated rings. The topological polar surface area (TPSA) is 47.8 Å². The summed E-state index contributed by atoms with van der Waals surface area (Å²) in [7, 11) is 1.86. The van der Waals surface area contributed by atoms with Gasteiger partial charge in [-0.05, 0) is 19.1 Å². The maximum atomic E-state index is 12.8. The third kappa shape index (κ3) is 3.11. The molecule has 0 aliphatic carbocycles. The van der Waals surface area contributed by atoms with E-state index in [1.807, 2.05) is 68.7 Å². The summed E-state index contributed by atoms with van der Waals surface area (Å²) in [6.45, 7) is 1.91. The number of hydrogen-bond acceptors (Lipinski definition) is 3. The first-order valence-corrected chi connectivity index (χ1v) is 7.40. The molecule has 1 aromatic carbocycles. The Balaban J connectivity index is 2.10. The minimum absolute atomic E-state index is 0.0306. The van der Waals surface area contributed by atoms with Gasteiger partial charge in [0.2, 0.25) is 0 Å².